The summed E-state index contributed by atoms with van der Waals surface area (Å²) in [6.07, 6.45) is 1.99. The molecule has 14 heteroatoms. The number of piperazine rings is 1. The highest BCUT2D eigenvalue weighted by Crippen LogP contribution is 2.41. The summed E-state index contributed by atoms with van der Waals surface area (Å²) >= 11 is 0. The van der Waals surface area contributed by atoms with Gasteiger partial charge in [-0.25, -0.2) is 13.2 Å². The number of carbonyl (C=O) groups is 1. The zero-order valence-electron chi connectivity index (χ0n) is 25.9. The maximum atomic E-state index is 16.7. The number of fused-ring (bicyclic) bond motifs is 3. The van der Waals surface area contributed by atoms with Crippen molar-refractivity contribution in [2.45, 2.75) is 49.5 Å². The second-order valence-corrected chi connectivity index (χ2v) is 13.0. The Morgan fingerprint density at radius 1 is 1.19 bits per heavy atom. The van der Waals surface area contributed by atoms with Gasteiger partial charge in [0.2, 0.25) is 0 Å². The summed E-state index contributed by atoms with van der Waals surface area (Å²) in [6, 6.07) is 8.58. The molecular weight excluding hydrogens is 627 g/mol. The first-order valence-corrected chi connectivity index (χ1v) is 16.1. The van der Waals surface area contributed by atoms with Gasteiger partial charge in [0.25, 0.3) is 5.91 Å². The lowest BCUT2D eigenvalue weighted by Gasteiger charge is -2.41. The Balaban J connectivity index is 1.22. The van der Waals surface area contributed by atoms with E-state index in [4.69, 9.17) is 14.5 Å². The van der Waals surface area contributed by atoms with Gasteiger partial charge in [-0.05, 0) is 43.0 Å². The van der Waals surface area contributed by atoms with Gasteiger partial charge in [-0.2, -0.15) is 15.2 Å². The molecule has 0 saturated carbocycles. The van der Waals surface area contributed by atoms with Gasteiger partial charge in [0.1, 0.15) is 41.4 Å². The van der Waals surface area contributed by atoms with Crippen molar-refractivity contribution >= 4 is 33.4 Å². The number of anilines is 1. The number of phenols is 1. The molecule has 4 saturated heterocycles. The monoisotopic (exact) mass is 659 g/mol. The van der Waals surface area contributed by atoms with E-state index in [0.717, 1.165) is 19.4 Å². The zero-order valence-corrected chi connectivity index (χ0v) is 25.9. The van der Waals surface area contributed by atoms with Crippen molar-refractivity contribution in [1.29, 1.82) is 5.26 Å². The third kappa shape index (κ3) is 5.21. The first-order chi connectivity index (χ1) is 23.2. The number of halogens is 3. The summed E-state index contributed by atoms with van der Waals surface area (Å²) in [7, 11) is 0. The fourth-order valence-corrected chi connectivity index (χ4v) is 7.71. The topological polar surface area (TPSA) is 131 Å². The van der Waals surface area contributed by atoms with Crippen LogP contribution in [0.15, 0.2) is 36.5 Å². The Morgan fingerprint density at radius 3 is 2.85 bits per heavy atom. The molecule has 0 spiro atoms. The van der Waals surface area contributed by atoms with Crippen LogP contribution in [0, 0.1) is 23.0 Å². The van der Waals surface area contributed by atoms with Gasteiger partial charge >= 0.3 is 6.01 Å². The molecule has 6 heterocycles. The van der Waals surface area contributed by atoms with E-state index in [2.05, 4.69) is 20.9 Å². The summed E-state index contributed by atoms with van der Waals surface area (Å²) < 4.78 is 57.8. The molecule has 48 heavy (non-hydrogen) atoms. The molecular formula is C34H32F3N7O4. The summed E-state index contributed by atoms with van der Waals surface area (Å²) in [5.74, 6) is -1.53. The number of epoxide rings is 1. The van der Waals surface area contributed by atoms with Crippen LogP contribution in [0.25, 0.3) is 32.9 Å². The SMILES string of the molecule is N#CC[C@H]1CN(c2nc(OC[C@@]34CCCN3C[C@H](F)C4)nc3c(F)c(-c4cc(O)cc5cccc(F)c45)ncc23)CCN1C(=O)[C@@H]1CO1. The van der Waals surface area contributed by atoms with E-state index in [1.54, 1.807) is 11.0 Å². The molecule has 4 aliphatic rings. The number of ether oxygens (including phenoxy) is 2. The van der Waals surface area contributed by atoms with E-state index in [9.17, 15) is 19.6 Å². The minimum atomic E-state index is -0.970. The van der Waals surface area contributed by atoms with Crippen LogP contribution >= 0.6 is 0 Å². The number of nitriles is 1. The number of hydrogen-bond donors (Lipinski definition) is 1. The van der Waals surface area contributed by atoms with Gasteiger partial charge in [-0.3, -0.25) is 14.7 Å². The minimum Gasteiger partial charge on any atom is -0.508 e. The van der Waals surface area contributed by atoms with Crippen molar-refractivity contribution in [1.82, 2.24) is 24.8 Å². The Labute approximate surface area is 273 Å². The highest BCUT2D eigenvalue weighted by atomic mass is 19.1. The third-order valence-corrected chi connectivity index (χ3v) is 10.0. The van der Waals surface area contributed by atoms with Crippen molar-refractivity contribution < 1.29 is 32.5 Å². The van der Waals surface area contributed by atoms with Gasteiger partial charge in [-0.15, -0.1) is 0 Å². The molecule has 4 aromatic rings. The summed E-state index contributed by atoms with van der Waals surface area (Å²) in [4.78, 5) is 32.1. The van der Waals surface area contributed by atoms with E-state index >= 15 is 8.78 Å². The number of benzene rings is 2. The number of hydrogen-bond acceptors (Lipinski definition) is 10. The van der Waals surface area contributed by atoms with Gasteiger partial charge in [-0.1, -0.05) is 12.1 Å². The number of nitrogens with zero attached hydrogens (tertiary/aromatic N) is 7. The first kappa shape index (κ1) is 30.6. The number of aromatic nitrogens is 3. The average molecular weight is 660 g/mol. The normalized spacial score (nSPS) is 25.4. The van der Waals surface area contributed by atoms with Crippen molar-refractivity contribution in [2.24, 2.45) is 0 Å². The van der Waals surface area contributed by atoms with Crippen molar-refractivity contribution in [3.63, 3.8) is 0 Å². The molecule has 4 fully saturated rings. The molecule has 2 aromatic carbocycles. The predicted octanol–water partition coefficient (Wildman–Crippen LogP) is 4.11. The van der Waals surface area contributed by atoms with Gasteiger partial charge in [0.15, 0.2) is 11.9 Å². The van der Waals surface area contributed by atoms with Crippen LogP contribution in [0.4, 0.5) is 19.0 Å². The lowest BCUT2D eigenvalue weighted by atomic mass is 9.95. The Morgan fingerprint density at radius 2 is 2.04 bits per heavy atom. The number of rotatable bonds is 7. The largest absolute Gasteiger partial charge is 0.508 e. The van der Waals surface area contributed by atoms with Gasteiger partial charge in [0.05, 0.1) is 36.1 Å². The molecule has 11 nitrogen and oxygen atoms in total. The maximum Gasteiger partial charge on any atom is 0.319 e. The van der Waals surface area contributed by atoms with Crippen molar-refractivity contribution in [3.05, 3.63) is 48.2 Å². The lowest BCUT2D eigenvalue weighted by Crippen LogP contribution is -2.56. The number of carbonyl (C=O) groups excluding carboxylic acids is 1. The summed E-state index contributed by atoms with van der Waals surface area (Å²) in [5.41, 5.74) is -0.811. The smallest absolute Gasteiger partial charge is 0.319 e. The molecule has 8 rings (SSSR count). The fourth-order valence-electron chi connectivity index (χ4n) is 7.71. The van der Waals surface area contributed by atoms with Crippen LogP contribution in [0.3, 0.4) is 0 Å². The summed E-state index contributed by atoms with van der Waals surface area (Å²) in [5, 5.41) is 20.7. The third-order valence-electron chi connectivity index (χ3n) is 10.0. The van der Waals surface area contributed by atoms with E-state index in [0.29, 0.717) is 37.3 Å². The zero-order chi connectivity index (χ0) is 33.2. The molecule has 4 atom stereocenters. The van der Waals surface area contributed by atoms with Crippen LogP contribution < -0.4 is 9.64 Å². The minimum absolute atomic E-state index is 0.0501. The Hall–Kier alpha value is -4.74. The summed E-state index contributed by atoms with van der Waals surface area (Å²) in [6.45, 7) is 2.39. The molecule has 2 aromatic heterocycles. The molecule has 0 unspecified atom stereocenters. The second-order valence-electron chi connectivity index (χ2n) is 13.0. The van der Waals surface area contributed by atoms with Gasteiger partial charge in [0, 0.05) is 49.7 Å². The van der Waals surface area contributed by atoms with E-state index < -0.39 is 35.5 Å². The molecule has 0 bridgehead atoms. The molecule has 0 radical (unpaired) electrons. The van der Waals surface area contributed by atoms with E-state index in [1.807, 2.05) is 4.90 Å². The molecule has 1 N–H and O–H groups in total. The van der Waals surface area contributed by atoms with E-state index in [-0.39, 0.29) is 71.3 Å². The first-order valence-electron chi connectivity index (χ1n) is 16.1. The lowest BCUT2D eigenvalue weighted by molar-refractivity contribution is -0.135. The molecule has 4 aliphatic heterocycles. The number of pyridine rings is 1. The van der Waals surface area contributed by atoms with Crippen LogP contribution in [-0.2, 0) is 9.53 Å². The van der Waals surface area contributed by atoms with Crippen LogP contribution in [0.1, 0.15) is 25.7 Å². The maximum absolute atomic E-state index is 16.7. The Kier molecular flexibility index (Phi) is 7.48. The number of phenolic OH excluding ortho intramolecular Hbond substituents is 1. The van der Waals surface area contributed by atoms with E-state index in [1.165, 1.54) is 30.5 Å². The quantitative estimate of drug-likeness (QED) is 0.289. The number of alkyl halides is 1. The predicted molar refractivity (Wildman–Crippen MR) is 168 cm³/mol. The average Bonchev–Trinajstić information content (AvgIpc) is 3.78. The highest BCUT2D eigenvalue weighted by Gasteiger charge is 2.49. The number of amides is 1. The van der Waals surface area contributed by atoms with Crippen molar-refractivity contribution in [3.8, 4) is 29.1 Å². The number of aromatic hydroxyl groups is 1. The second kappa shape index (κ2) is 11.7. The molecule has 248 valence electrons. The molecule has 0 aliphatic carbocycles. The highest BCUT2D eigenvalue weighted by molar-refractivity contribution is 6.00. The standard InChI is InChI=1S/C34H32F3N7O4/c35-20-13-34(6-2-8-43(34)15-20)18-48-33-40-30-24(31(41-33)42-9-10-44(21(16-42)5-7-38)32(46)26-17-47-26)14-39-29(28(30)37)23-12-22(45)11-19-3-1-4-25(36)27(19)23/h1,3-4,11-12,14,20-21,26,45H,2,5-6,8-10,13,15-18H2/t20-,21+,26+,34+/m1/s1. The van der Waals surface area contributed by atoms with Crippen LogP contribution in [0.5, 0.6) is 11.8 Å². The fraction of sp³-hybridized carbons (Fsp3) is 0.441. The van der Waals surface area contributed by atoms with Crippen molar-refractivity contribution in [2.75, 3.05) is 50.8 Å². The molecule has 1 amide bonds. The van der Waals surface area contributed by atoms with Crippen LogP contribution in [-0.4, -0.2) is 106 Å². The Bertz CT molecular complexity index is 1990. The van der Waals surface area contributed by atoms with Crippen LogP contribution in [0.2, 0.25) is 0 Å². The van der Waals surface area contributed by atoms with Gasteiger partial charge < -0.3 is 24.4 Å².